The molecule has 0 saturated carbocycles. The van der Waals surface area contributed by atoms with Crippen LogP contribution in [0.4, 0.5) is 0 Å². The molecule has 4 nitrogen and oxygen atoms in total. The van der Waals surface area contributed by atoms with Crippen LogP contribution >= 0.6 is 11.8 Å². The number of hydrogen-bond donors (Lipinski definition) is 1. The summed E-state index contributed by atoms with van der Waals surface area (Å²) in [4.78, 5) is 15.5. The quantitative estimate of drug-likeness (QED) is 0.883. The summed E-state index contributed by atoms with van der Waals surface area (Å²) in [5.41, 5.74) is 1.73. The third kappa shape index (κ3) is 2.54. The summed E-state index contributed by atoms with van der Waals surface area (Å²) >= 11 is 1.87. The molecule has 1 aromatic heterocycles. The molecule has 108 valence electrons. The molecule has 0 amide bonds. The van der Waals surface area contributed by atoms with Crippen molar-refractivity contribution in [3.8, 4) is 0 Å². The minimum Gasteiger partial charge on any atom is -0.478 e. The Morgan fingerprint density at radius 1 is 1.40 bits per heavy atom. The number of aromatic nitrogens is 2. The lowest BCUT2D eigenvalue weighted by Crippen LogP contribution is -2.28. The zero-order valence-corrected chi connectivity index (χ0v) is 12.9. The fraction of sp³-hybridized carbons (Fsp3) is 0.467. The molecule has 0 spiro atoms. The molecule has 0 fully saturated rings. The first-order chi connectivity index (χ1) is 9.56. The Hall–Kier alpha value is -1.49. The molecule has 5 heteroatoms. The minimum atomic E-state index is -0.928. The van der Waals surface area contributed by atoms with Crippen LogP contribution in [-0.2, 0) is 6.54 Å². The van der Waals surface area contributed by atoms with Gasteiger partial charge in [-0.05, 0) is 31.2 Å². The van der Waals surface area contributed by atoms with Gasteiger partial charge in [-0.3, -0.25) is 0 Å². The molecule has 1 N–H and O–H groups in total. The first-order valence-electron chi connectivity index (χ1n) is 6.79. The number of imidazole rings is 1. The van der Waals surface area contributed by atoms with Crippen molar-refractivity contribution < 1.29 is 9.90 Å². The molecule has 20 heavy (non-hydrogen) atoms. The number of benzene rings is 1. The van der Waals surface area contributed by atoms with E-state index in [1.807, 2.05) is 17.8 Å². The summed E-state index contributed by atoms with van der Waals surface area (Å²) in [6.45, 7) is 5.24. The van der Waals surface area contributed by atoms with E-state index in [0.717, 1.165) is 24.9 Å². The fourth-order valence-electron chi connectivity index (χ4n) is 2.52. The van der Waals surface area contributed by atoms with Crippen molar-refractivity contribution in [1.29, 1.82) is 0 Å². The monoisotopic (exact) mass is 292 g/mol. The van der Waals surface area contributed by atoms with Gasteiger partial charge in [0.2, 0.25) is 0 Å². The summed E-state index contributed by atoms with van der Waals surface area (Å²) < 4.78 is 2.25. The summed E-state index contributed by atoms with van der Waals surface area (Å²) in [7, 11) is 0. The molecular weight excluding hydrogens is 272 g/mol. The largest absolute Gasteiger partial charge is 0.478 e. The van der Waals surface area contributed by atoms with Gasteiger partial charge in [0.25, 0.3) is 0 Å². The Kier molecular flexibility index (Phi) is 4.38. The maximum atomic E-state index is 11.2. The van der Waals surface area contributed by atoms with Gasteiger partial charge < -0.3 is 9.67 Å². The molecule has 1 heterocycles. The van der Waals surface area contributed by atoms with E-state index in [4.69, 9.17) is 0 Å². The molecule has 0 atom stereocenters. The number of hydrogen-bond acceptors (Lipinski definition) is 3. The fourth-order valence-corrected chi connectivity index (χ4v) is 3.37. The molecule has 0 bridgehead atoms. The maximum absolute atomic E-state index is 11.2. The average Bonchev–Trinajstić information content (AvgIpc) is 2.87. The molecule has 1 aromatic carbocycles. The van der Waals surface area contributed by atoms with E-state index in [2.05, 4.69) is 29.7 Å². The van der Waals surface area contributed by atoms with Gasteiger partial charge in [0.05, 0.1) is 17.4 Å². The van der Waals surface area contributed by atoms with Gasteiger partial charge in [0, 0.05) is 11.3 Å². The van der Waals surface area contributed by atoms with Crippen molar-refractivity contribution >= 4 is 28.8 Å². The SMILES string of the molecule is CCC(CC)(Cn1cnc2c(C(=O)O)cccc21)SC. The molecule has 2 rings (SSSR count). The number of para-hydroxylation sites is 1. The van der Waals surface area contributed by atoms with Crippen LogP contribution in [0, 0.1) is 0 Å². The minimum absolute atomic E-state index is 0.173. The van der Waals surface area contributed by atoms with Crippen LogP contribution in [-0.4, -0.2) is 31.6 Å². The van der Waals surface area contributed by atoms with Crippen molar-refractivity contribution in [2.75, 3.05) is 6.26 Å². The number of rotatable bonds is 6. The van der Waals surface area contributed by atoms with E-state index in [0.29, 0.717) is 5.52 Å². The first kappa shape index (κ1) is 14.9. The van der Waals surface area contributed by atoms with Crippen LogP contribution in [0.15, 0.2) is 24.5 Å². The van der Waals surface area contributed by atoms with Crippen molar-refractivity contribution in [2.24, 2.45) is 0 Å². The van der Waals surface area contributed by atoms with E-state index in [9.17, 15) is 9.90 Å². The number of carboxylic acid groups (broad SMARTS) is 1. The molecule has 0 aliphatic heterocycles. The number of aromatic carboxylic acids is 1. The van der Waals surface area contributed by atoms with E-state index in [1.165, 1.54) is 0 Å². The number of carboxylic acids is 1. The van der Waals surface area contributed by atoms with Gasteiger partial charge >= 0.3 is 5.97 Å². The second kappa shape index (κ2) is 5.87. The molecule has 0 radical (unpaired) electrons. The Morgan fingerprint density at radius 3 is 2.65 bits per heavy atom. The van der Waals surface area contributed by atoms with Gasteiger partial charge in [-0.25, -0.2) is 9.78 Å². The van der Waals surface area contributed by atoms with Crippen LogP contribution in [0.1, 0.15) is 37.0 Å². The third-order valence-corrected chi connectivity index (χ3v) is 5.63. The van der Waals surface area contributed by atoms with Crippen LogP contribution in [0.25, 0.3) is 11.0 Å². The second-order valence-corrected chi connectivity index (χ2v) is 6.22. The molecule has 2 aromatic rings. The first-order valence-corrected chi connectivity index (χ1v) is 8.01. The van der Waals surface area contributed by atoms with Crippen LogP contribution < -0.4 is 0 Å². The third-order valence-electron chi connectivity index (χ3n) is 4.06. The zero-order chi connectivity index (χ0) is 14.8. The standard InChI is InChI=1S/C15H20N2O2S/c1-4-15(5-2,20-3)9-17-10-16-13-11(14(18)19)7-6-8-12(13)17/h6-8,10H,4-5,9H2,1-3H3,(H,18,19). The molecular formula is C15H20N2O2S. The topological polar surface area (TPSA) is 55.1 Å². The summed E-state index contributed by atoms with van der Waals surface area (Å²) in [6, 6.07) is 5.32. The highest BCUT2D eigenvalue weighted by molar-refractivity contribution is 8.00. The number of fused-ring (bicyclic) bond motifs is 1. The predicted molar refractivity (Wildman–Crippen MR) is 83.5 cm³/mol. The average molecular weight is 292 g/mol. The lowest BCUT2D eigenvalue weighted by Gasteiger charge is -2.30. The summed E-state index contributed by atoms with van der Waals surface area (Å²) in [5.74, 6) is -0.928. The van der Waals surface area contributed by atoms with Gasteiger partial charge in [0.15, 0.2) is 0 Å². The predicted octanol–water partition coefficient (Wildman–Crippen LogP) is 3.66. The summed E-state index contributed by atoms with van der Waals surface area (Å²) in [5, 5.41) is 9.21. The van der Waals surface area contributed by atoms with Gasteiger partial charge in [0.1, 0.15) is 5.52 Å². The van der Waals surface area contributed by atoms with E-state index in [-0.39, 0.29) is 10.3 Å². The number of carbonyl (C=O) groups is 1. The number of thioether (sulfide) groups is 1. The lowest BCUT2D eigenvalue weighted by molar-refractivity contribution is 0.0699. The number of nitrogens with zero attached hydrogens (tertiary/aromatic N) is 2. The zero-order valence-electron chi connectivity index (χ0n) is 12.1. The Balaban J connectivity index is 2.47. The lowest BCUT2D eigenvalue weighted by atomic mass is 10.0. The molecule has 0 saturated heterocycles. The van der Waals surface area contributed by atoms with Crippen molar-refractivity contribution in [3.63, 3.8) is 0 Å². The highest BCUT2D eigenvalue weighted by Crippen LogP contribution is 2.33. The van der Waals surface area contributed by atoms with Crippen LogP contribution in [0.5, 0.6) is 0 Å². The van der Waals surface area contributed by atoms with Crippen molar-refractivity contribution in [2.45, 2.75) is 38.0 Å². The smallest absolute Gasteiger partial charge is 0.337 e. The molecule has 0 aliphatic carbocycles. The van der Waals surface area contributed by atoms with E-state index < -0.39 is 5.97 Å². The Labute approximate surface area is 123 Å². The highest BCUT2D eigenvalue weighted by Gasteiger charge is 2.26. The van der Waals surface area contributed by atoms with Crippen LogP contribution in [0.3, 0.4) is 0 Å². The summed E-state index contributed by atoms with van der Waals surface area (Å²) in [6.07, 6.45) is 6.04. The Bertz CT molecular complexity index is 609. The van der Waals surface area contributed by atoms with Gasteiger partial charge in [-0.2, -0.15) is 11.8 Å². The second-order valence-electron chi connectivity index (χ2n) is 4.95. The molecule has 0 unspecified atom stereocenters. The maximum Gasteiger partial charge on any atom is 0.337 e. The normalized spacial score (nSPS) is 11.9. The van der Waals surface area contributed by atoms with Crippen molar-refractivity contribution in [1.82, 2.24) is 9.55 Å². The highest BCUT2D eigenvalue weighted by atomic mass is 32.2. The van der Waals surface area contributed by atoms with Crippen LogP contribution in [0.2, 0.25) is 0 Å². The Morgan fingerprint density at radius 2 is 2.10 bits per heavy atom. The van der Waals surface area contributed by atoms with E-state index in [1.54, 1.807) is 18.5 Å². The molecule has 0 aliphatic rings. The van der Waals surface area contributed by atoms with E-state index >= 15 is 0 Å². The van der Waals surface area contributed by atoms with Gasteiger partial charge in [-0.15, -0.1) is 0 Å². The van der Waals surface area contributed by atoms with Crippen molar-refractivity contribution in [3.05, 3.63) is 30.1 Å². The van der Waals surface area contributed by atoms with Gasteiger partial charge in [-0.1, -0.05) is 19.9 Å².